The molecule has 46 heavy (non-hydrogen) atoms. The van der Waals surface area contributed by atoms with Crippen molar-refractivity contribution in [1.82, 2.24) is 14.9 Å². The van der Waals surface area contributed by atoms with Crippen LogP contribution in [0, 0.1) is 17.5 Å². The lowest BCUT2D eigenvalue weighted by molar-refractivity contribution is 0.0204. The highest BCUT2D eigenvalue weighted by atomic mass is 32.2. The topological polar surface area (TPSA) is 102 Å². The number of thiazole rings is 1. The van der Waals surface area contributed by atoms with Crippen LogP contribution < -0.4 is 4.31 Å². The normalized spacial score (nSPS) is 14.4. The van der Waals surface area contributed by atoms with Crippen LogP contribution in [0.1, 0.15) is 44.5 Å². The van der Waals surface area contributed by atoms with Crippen LogP contribution in [0.25, 0.3) is 21.7 Å². The summed E-state index contributed by atoms with van der Waals surface area (Å²) in [5, 5.41) is 0.735. The highest BCUT2D eigenvalue weighted by Crippen LogP contribution is 2.44. The summed E-state index contributed by atoms with van der Waals surface area (Å²) in [6.45, 7) is 5.69. The minimum atomic E-state index is -4.80. The van der Waals surface area contributed by atoms with E-state index in [1.165, 1.54) is 36.6 Å². The molecule has 244 valence electrons. The van der Waals surface area contributed by atoms with Gasteiger partial charge in [-0.2, -0.15) is 0 Å². The fraction of sp³-hybridized carbons (Fsp3) is 0.344. The monoisotopic (exact) mass is 674 g/mol. The van der Waals surface area contributed by atoms with E-state index in [2.05, 4.69) is 4.98 Å². The van der Waals surface area contributed by atoms with Crippen LogP contribution >= 0.6 is 11.3 Å². The smallest absolute Gasteiger partial charge is 0.410 e. The number of ether oxygens (including phenoxy) is 2. The van der Waals surface area contributed by atoms with Crippen LogP contribution in [0.5, 0.6) is 0 Å². The number of aromatic nitrogens is 2. The Kier molecular flexibility index (Phi) is 9.70. The first kappa shape index (κ1) is 33.4. The Balaban J connectivity index is 1.54. The molecular weight excluding hydrogens is 642 g/mol. The molecule has 1 saturated heterocycles. The second kappa shape index (κ2) is 13.4. The average Bonchev–Trinajstić information content (AvgIpc) is 3.46. The lowest BCUT2D eigenvalue weighted by atomic mass is 9.97. The number of sulfonamides is 1. The molecule has 1 amide bonds. The highest BCUT2D eigenvalue weighted by molar-refractivity contribution is 7.92. The number of piperidine rings is 1. The number of likely N-dealkylation sites (tertiary alicyclic amines) is 1. The first-order valence-electron chi connectivity index (χ1n) is 14.4. The van der Waals surface area contributed by atoms with Gasteiger partial charge in [0, 0.05) is 44.1 Å². The van der Waals surface area contributed by atoms with Gasteiger partial charge in [-0.1, -0.05) is 6.07 Å². The van der Waals surface area contributed by atoms with Gasteiger partial charge in [-0.15, -0.1) is 11.3 Å². The Morgan fingerprint density at radius 2 is 1.76 bits per heavy atom. The van der Waals surface area contributed by atoms with Crippen LogP contribution in [0.15, 0.2) is 65.8 Å². The van der Waals surface area contributed by atoms with Gasteiger partial charge in [0.15, 0.2) is 5.82 Å². The highest BCUT2D eigenvalue weighted by Gasteiger charge is 2.33. The van der Waals surface area contributed by atoms with Crippen molar-refractivity contribution in [3.63, 3.8) is 0 Å². The van der Waals surface area contributed by atoms with Crippen molar-refractivity contribution in [3.05, 3.63) is 83.4 Å². The van der Waals surface area contributed by atoms with Crippen LogP contribution in [0.4, 0.5) is 23.7 Å². The van der Waals surface area contributed by atoms with E-state index in [1.807, 2.05) is 20.8 Å². The first-order chi connectivity index (χ1) is 21.8. The number of amides is 1. The molecule has 1 aliphatic heterocycles. The van der Waals surface area contributed by atoms with E-state index < -0.39 is 50.4 Å². The molecule has 0 spiro atoms. The lowest BCUT2D eigenvalue weighted by Crippen LogP contribution is -2.41. The minimum Gasteiger partial charge on any atom is -0.444 e. The van der Waals surface area contributed by atoms with E-state index in [9.17, 15) is 22.0 Å². The molecule has 0 radical (unpaired) electrons. The van der Waals surface area contributed by atoms with E-state index in [0.717, 1.165) is 16.6 Å². The summed E-state index contributed by atoms with van der Waals surface area (Å²) in [6, 6.07) is 9.71. The Morgan fingerprint density at radius 1 is 1.07 bits per heavy atom. The van der Waals surface area contributed by atoms with Gasteiger partial charge in [-0.25, -0.2) is 35.7 Å². The summed E-state index contributed by atoms with van der Waals surface area (Å²) in [5.74, 6) is -3.13. The summed E-state index contributed by atoms with van der Waals surface area (Å²) >= 11 is 1.38. The zero-order chi connectivity index (χ0) is 33.2. The predicted molar refractivity (Wildman–Crippen MR) is 168 cm³/mol. The van der Waals surface area contributed by atoms with Crippen molar-refractivity contribution < 1.29 is 35.9 Å². The maximum Gasteiger partial charge on any atom is 0.410 e. The third-order valence-corrected chi connectivity index (χ3v) is 10.3. The van der Waals surface area contributed by atoms with E-state index >= 15 is 4.39 Å². The molecule has 4 aromatic rings. The van der Waals surface area contributed by atoms with Crippen molar-refractivity contribution in [3.8, 4) is 21.7 Å². The predicted octanol–water partition coefficient (Wildman–Crippen LogP) is 7.20. The molecule has 2 aromatic carbocycles. The van der Waals surface area contributed by atoms with Crippen molar-refractivity contribution in [1.29, 1.82) is 0 Å². The Hall–Kier alpha value is -4.01. The Bertz CT molecular complexity index is 1820. The first-order valence-corrected chi connectivity index (χ1v) is 16.7. The van der Waals surface area contributed by atoms with Gasteiger partial charge < -0.3 is 14.4 Å². The SMILES string of the molecule is COCN(c1cccc(-c2nc(C3CCN(C(=O)OC(C)(C)C)CC3)sc2-c2ccncc2)c1F)S(=O)(=O)c1cc(F)ccc1F. The number of benzene rings is 2. The van der Waals surface area contributed by atoms with Crippen molar-refractivity contribution in [2.75, 3.05) is 31.2 Å². The summed E-state index contributed by atoms with van der Waals surface area (Å²) in [5.41, 5.74) is -0.0162. The number of carbonyl (C=O) groups excluding carboxylic acids is 1. The fourth-order valence-electron chi connectivity index (χ4n) is 5.10. The molecular formula is C32H33F3N4O5S2. The summed E-state index contributed by atoms with van der Waals surface area (Å²) in [4.78, 5) is 22.9. The van der Waals surface area contributed by atoms with E-state index in [1.54, 1.807) is 29.4 Å². The largest absolute Gasteiger partial charge is 0.444 e. The minimum absolute atomic E-state index is 0.00835. The third kappa shape index (κ3) is 7.03. The van der Waals surface area contributed by atoms with E-state index in [-0.39, 0.29) is 23.3 Å². The zero-order valence-corrected chi connectivity index (χ0v) is 27.3. The maximum absolute atomic E-state index is 16.5. The van der Waals surface area contributed by atoms with Gasteiger partial charge in [0.1, 0.15) is 28.9 Å². The van der Waals surface area contributed by atoms with Gasteiger partial charge in [-0.05, 0) is 81.6 Å². The molecule has 0 N–H and O–H groups in total. The van der Waals surface area contributed by atoms with Crippen molar-refractivity contribution in [2.24, 2.45) is 0 Å². The van der Waals surface area contributed by atoms with Crippen LogP contribution in [-0.4, -0.2) is 61.9 Å². The molecule has 0 aliphatic carbocycles. The number of carbonyl (C=O) groups is 1. The van der Waals surface area contributed by atoms with Crippen LogP contribution in [0.2, 0.25) is 0 Å². The molecule has 9 nitrogen and oxygen atoms in total. The molecule has 0 atom stereocenters. The molecule has 1 fully saturated rings. The van der Waals surface area contributed by atoms with Gasteiger partial charge >= 0.3 is 6.09 Å². The third-order valence-electron chi connectivity index (χ3n) is 7.29. The molecule has 2 aromatic heterocycles. The quantitative estimate of drug-likeness (QED) is 0.182. The summed E-state index contributed by atoms with van der Waals surface area (Å²) in [6.07, 6.45) is 4.05. The van der Waals surface area contributed by atoms with Gasteiger partial charge in [0.05, 0.1) is 21.3 Å². The van der Waals surface area contributed by atoms with Gasteiger partial charge in [0.25, 0.3) is 10.0 Å². The average molecular weight is 675 g/mol. The molecule has 0 unspecified atom stereocenters. The number of rotatable bonds is 8. The number of methoxy groups -OCH3 is 1. The second-order valence-corrected chi connectivity index (χ2v) is 14.6. The number of nitrogens with zero attached hydrogens (tertiary/aromatic N) is 4. The second-order valence-electron chi connectivity index (χ2n) is 11.7. The number of hydrogen-bond donors (Lipinski definition) is 0. The molecule has 14 heteroatoms. The number of pyridine rings is 1. The zero-order valence-electron chi connectivity index (χ0n) is 25.7. The standard InChI is InChI=1S/C32H33F3N4O5S2/c1-32(2,3)44-31(40)38-16-12-21(13-17-38)30-37-28(29(45-30)20-10-14-36-15-11-20)23-6-5-7-25(27(23)35)39(19-43-4)46(41,42)26-18-22(33)8-9-24(26)34/h5-11,14-15,18,21H,12-13,16-17,19H2,1-4H3. The molecule has 0 saturated carbocycles. The molecule has 5 rings (SSSR count). The van der Waals surface area contributed by atoms with Crippen LogP contribution in [-0.2, 0) is 19.5 Å². The fourth-order valence-corrected chi connectivity index (χ4v) is 7.82. The summed E-state index contributed by atoms with van der Waals surface area (Å²) < 4.78 is 83.4. The number of anilines is 1. The maximum atomic E-state index is 16.5. The van der Waals surface area contributed by atoms with E-state index in [4.69, 9.17) is 14.5 Å². The lowest BCUT2D eigenvalue weighted by Gasteiger charge is -2.32. The molecule has 0 bridgehead atoms. The van der Waals surface area contributed by atoms with Crippen molar-refractivity contribution in [2.45, 2.75) is 50.0 Å². The van der Waals surface area contributed by atoms with E-state index in [0.29, 0.717) is 47.2 Å². The Labute approximate surface area is 269 Å². The van der Waals surface area contributed by atoms with Crippen LogP contribution in [0.3, 0.4) is 0 Å². The van der Waals surface area contributed by atoms with Crippen molar-refractivity contribution >= 4 is 33.1 Å². The molecule has 3 heterocycles. The van der Waals surface area contributed by atoms with Gasteiger partial charge in [0.2, 0.25) is 0 Å². The molecule has 1 aliphatic rings. The number of halogens is 3. The summed E-state index contributed by atoms with van der Waals surface area (Å²) in [7, 11) is -3.60. The Morgan fingerprint density at radius 3 is 2.41 bits per heavy atom. The van der Waals surface area contributed by atoms with Gasteiger partial charge in [-0.3, -0.25) is 4.98 Å². The number of hydrogen-bond acceptors (Lipinski definition) is 8.